The molecule has 0 aromatic carbocycles. The molecule has 3 aromatic heterocycles. The number of aryl methyl sites for hydroxylation is 1. The number of carbonyl (C=O) groups is 1. The van der Waals surface area contributed by atoms with E-state index < -0.39 is 5.97 Å². The van der Waals surface area contributed by atoms with Gasteiger partial charge in [-0.05, 0) is 6.92 Å². The fraction of sp³-hybridized carbons (Fsp3) is 0.200. The third-order valence-electron chi connectivity index (χ3n) is 2.77. The second kappa shape index (κ2) is 3.69. The molecule has 0 saturated heterocycles. The highest BCUT2D eigenvalue weighted by atomic mass is 16.4. The van der Waals surface area contributed by atoms with Crippen LogP contribution in [0.1, 0.15) is 11.4 Å². The van der Waals surface area contributed by atoms with Crippen molar-refractivity contribution in [2.45, 2.75) is 13.3 Å². The van der Waals surface area contributed by atoms with Gasteiger partial charge in [-0.25, -0.2) is 4.98 Å². The predicted octanol–water partition coefficient (Wildman–Crippen LogP) is 0.383. The average molecular weight is 246 g/mol. The molecule has 0 fully saturated rings. The van der Waals surface area contributed by atoms with Crippen LogP contribution in [0.2, 0.25) is 0 Å². The molecule has 18 heavy (non-hydrogen) atoms. The van der Waals surface area contributed by atoms with Crippen molar-refractivity contribution >= 4 is 11.7 Å². The second-order valence-corrected chi connectivity index (χ2v) is 3.93. The zero-order valence-electron chi connectivity index (χ0n) is 9.51. The molecule has 0 amide bonds. The first-order valence-electron chi connectivity index (χ1n) is 5.29. The summed E-state index contributed by atoms with van der Waals surface area (Å²) in [4.78, 5) is 18.0. The van der Waals surface area contributed by atoms with Crippen LogP contribution in [-0.2, 0) is 11.2 Å². The minimum absolute atomic E-state index is 0.0471. The summed E-state index contributed by atoms with van der Waals surface area (Å²) in [5.41, 5.74) is 2.80. The Morgan fingerprint density at radius 2 is 2.33 bits per heavy atom. The van der Waals surface area contributed by atoms with E-state index in [1.54, 1.807) is 12.4 Å². The van der Waals surface area contributed by atoms with E-state index in [1.165, 1.54) is 0 Å². The van der Waals surface area contributed by atoms with Crippen molar-refractivity contribution in [2.24, 2.45) is 0 Å². The van der Waals surface area contributed by atoms with Gasteiger partial charge in [-0.2, -0.15) is 15.4 Å². The number of carboxylic acids is 1. The molecule has 0 aliphatic rings. The first-order chi connectivity index (χ1) is 8.65. The molecule has 3 heterocycles. The van der Waals surface area contributed by atoms with Gasteiger partial charge in [0.25, 0.3) is 0 Å². The summed E-state index contributed by atoms with van der Waals surface area (Å²) in [6.07, 6.45) is 3.33. The SMILES string of the molecule is Cc1c(CC(=O)O)[nH]c2nc(-c3cn[nH]n3)cn12. The standard InChI is InChI=1S/C10H10N6O2/c1-5-6(2-9(17)18)12-10-13-8(4-16(5)10)7-3-11-15-14-7/h3-4H,2H2,1H3,(H,12,13)(H,17,18)(H,11,14,15). The lowest BCUT2D eigenvalue weighted by atomic mass is 10.2. The summed E-state index contributed by atoms with van der Waals surface area (Å²) in [7, 11) is 0. The van der Waals surface area contributed by atoms with Gasteiger partial charge in [0.2, 0.25) is 5.78 Å². The summed E-state index contributed by atoms with van der Waals surface area (Å²) in [6, 6.07) is 0. The van der Waals surface area contributed by atoms with E-state index in [1.807, 2.05) is 11.3 Å². The van der Waals surface area contributed by atoms with Crippen LogP contribution >= 0.6 is 0 Å². The van der Waals surface area contributed by atoms with Crippen LogP contribution in [0.15, 0.2) is 12.4 Å². The number of nitrogens with zero attached hydrogens (tertiary/aromatic N) is 4. The van der Waals surface area contributed by atoms with Gasteiger partial charge in [0, 0.05) is 17.6 Å². The Hall–Kier alpha value is -2.64. The van der Waals surface area contributed by atoms with Crippen LogP contribution in [0, 0.1) is 6.92 Å². The first-order valence-corrected chi connectivity index (χ1v) is 5.29. The third-order valence-corrected chi connectivity index (χ3v) is 2.77. The highest BCUT2D eigenvalue weighted by Crippen LogP contribution is 2.18. The average Bonchev–Trinajstić information content (AvgIpc) is 2.97. The molecule has 0 atom stereocenters. The molecule has 3 rings (SSSR count). The highest BCUT2D eigenvalue weighted by molar-refractivity contribution is 5.70. The minimum Gasteiger partial charge on any atom is -0.481 e. The fourth-order valence-electron chi connectivity index (χ4n) is 1.87. The topological polar surface area (TPSA) is 112 Å². The van der Waals surface area contributed by atoms with E-state index in [0.29, 0.717) is 22.9 Å². The molecule has 0 aliphatic carbocycles. The maximum atomic E-state index is 10.7. The molecule has 0 spiro atoms. The van der Waals surface area contributed by atoms with Crippen LogP contribution < -0.4 is 0 Å². The molecular formula is C10H10N6O2. The summed E-state index contributed by atoms with van der Waals surface area (Å²) in [5.74, 6) is -0.277. The highest BCUT2D eigenvalue weighted by Gasteiger charge is 2.14. The lowest BCUT2D eigenvalue weighted by Crippen LogP contribution is -2.02. The van der Waals surface area contributed by atoms with Gasteiger partial charge in [-0.1, -0.05) is 0 Å². The quantitative estimate of drug-likeness (QED) is 0.618. The van der Waals surface area contributed by atoms with Crippen LogP contribution in [0.4, 0.5) is 0 Å². The summed E-state index contributed by atoms with van der Waals surface area (Å²) in [6.45, 7) is 1.84. The number of rotatable bonds is 3. The summed E-state index contributed by atoms with van der Waals surface area (Å²) < 4.78 is 1.81. The molecule has 3 aromatic rings. The summed E-state index contributed by atoms with van der Waals surface area (Å²) >= 11 is 0. The number of H-pyrrole nitrogens is 2. The zero-order valence-corrected chi connectivity index (χ0v) is 9.51. The van der Waals surface area contributed by atoms with E-state index in [2.05, 4.69) is 25.4 Å². The second-order valence-electron chi connectivity index (χ2n) is 3.93. The molecule has 0 unspecified atom stereocenters. The number of fused-ring (bicyclic) bond motifs is 1. The molecule has 0 bridgehead atoms. The number of hydrogen-bond donors (Lipinski definition) is 3. The Morgan fingerprint density at radius 3 is 2.94 bits per heavy atom. The van der Waals surface area contributed by atoms with Crippen molar-refractivity contribution in [3.63, 3.8) is 0 Å². The van der Waals surface area contributed by atoms with Gasteiger partial charge in [0.15, 0.2) is 0 Å². The van der Waals surface area contributed by atoms with Crippen LogP contribution in [0.3, 0.4) is 0 Å². The number of nitrogens with one attached hydrogen (secondary N) is 2. The molecule has 92 valence electrons. The van der Waals surface area contributed by atoms with Gasteiger partial charge >= 0.3 is 5.97 Å². The molecule has 3 N–H and O–H groups in total. The number of hydrogen-bond acceptors (Lipinski definition) is 4. The van der Waals surface area contributed by atoms with Gasteiger partial charge < -0.3 is 10.1 Å². The van der Waals surface area contributed by atoms with Crippen molar-refractivity contribution < 1.29 is 9.90 Å². The molecule has 0 radical (unpaired) electrons. The number of aromatic amines is 2. The molecular weight excluding hydrogens is 236 g/mol. The van der Waals surface area contributed by atoms with E-state index in [0.717, 1.165) is 5.69 Å². The molecule has 0 aliphatic heterocycles. The number of carboxylic acid groups (broad SMARTS) is 1. The van der Waals surface area contributed by atoms with Crippen molar-refractivity contribution in [1.29, 1.82) is 0 Å². The van der Waals surface area contributed by atoms with E-state index in [-0.39, 0.29) is 6.42 Å². The maximum absolute atomic E-state index is 10.7. The Balaban J connectivity index is 2.07. The van der Waals surface area contributed by atoms with E-state index >= 15 is 0 Å². The minimum atomic E-state index is -0.876. The first kappa shape index (κ1) is 10.5. The summed E-state index contributed by atoms with van der Waals surface area (Å²) in [5, 5.41) is 19.0. The van der Waals surface area contributed by atoms with Crippen molar-refractivity contribution in [3.05, 3.63) is 23.8 Å². The van der Waals surface area contributed by atoms with Crippen molar-refractivity contribution in [3.8, 4) is 11.4 Å². The Labute approximate surface area is 101 Å². The van der Waals surface area contributed by atoms with Crippen LogP contribution in [0.5, 0.6) is 0 Å². The van der Waals surface area contributed by atoms with E-state index in [4.69, 9.17) is 5.11 Å². The Morgan fingerprint density at radius 1 is 1.50 bits per heavy atom. The molecule has 8 nitrogen and oxygen atoms in total. The lowest BCUT2D eigenvalue weighted by Gasteiger charge is -1.94. The van der Waals surface area contributed by atoms with E-state index in [9.17, 15) is 4.79 Å². The van der Waals surface area contributed by atoms with Crippen molar-refractivity contribution in [2.75, 3.05) is 0 Å². The normalized spacial score (nSPS) is 11.2. The predicted molar refractivity (Wildman–Crippen MR) is 61.0 cm³/mol. The van der Waals surface area contributed by atoms with Gasteiger partial charge in [0.05, 0.1) is 12.6 Å². The monoisotopic (exact) mass is 246 g/mol. The van der Waals surface area contributed by atoms with Gasteiger partial charge in [0.1, 0.15) is 11.4 Å². The van der Waals surface area contributed by atoms with Gasteiger partial charge in [-0.3, -0.25) is 9.20 Å². The zero-order chi connectivity index (χ0) is 12.7. The molecule has 8 heteroatoms. The fourth-order valence-corrected chi connectivity index (χ4v) is 1.87. The van der Waals surface area contributed by atoms with Crippen LogP contribution in [0.25, 0.3) is 17.2 Å². The Kier molecular flexibility index (Phi) is 2.15. The molecule has 0 saturated carbocycles. The Bertz CT molecular complexity index is 708. The van der Waals surface area contributed by atoms with Gasteiger partial charge in [-0.15, -0.1) is 0 Å². The van der Waals surface area contributed by atoms with Crippen LogP contribution in [-0.4, -0.2) is 40.9 Å². The van der Waals surface area contributed by atoms with Crippen molar-refractivity contribution in [1.82, 2.24) is 29.8 Å². The lowest BCUT2D eigenvalue weighted by molar-refractivity contribution is -0.136. The number of imidazole rings is 2. The number of aliphatic carboxylic acids is 1. The largest absolute Gasteiger partial charge is 0.481 e. The smallest absolute Gasteiger partial charge is 0.309 e. The maximum Gasteiger partial charge on any atom is 0.309 e. The number of aromatic nitrogens is 6. The third kappa shape index (κ3) is 1.54.